The molecule has 8 rings (SSSR count). The highest BCUT2D eigenvalue weighted by molar-refractivity contribution is 8.00. The number of para-hydroxylation sites is 2. The molecule has 1 spiro atoms. The van der Waals surface area contributed by atoms with Gasteiger partial charge in [-0.3, -0.25) is 0 Å². The van der Waals surface area contributed by atoms with E-state index in [0.29, 0.717) is 0 Å². The van der Waals surface area contributed by atoms with Gasteiger partial charge in [0.15, 0.2) is 0 Å². The van der Waals surface area contributed by atoms with Crippen molar-refractivity contribution in [1.29, 1.82) is 0 Å². The number of fused-ring (bicyclic) bond motifs is 12. The highest BCUT2D eigenvalue weighted by atomic mass is 32.2. The molecule has 4 heteroatoms. The van der Waals surface area contributed by atoms with Crippen LogP contribution in [-0.2, 0) is 5.41 Å². The monoisotopic (exact) mass is 528 g/mol. The van der Waals surface area contributed by atoms with E-state index in [2.05, 4.69) is 134 Å². The summed E-state index contributed by atoms with van der Waals surface area (Å²) < 4.78 is 6.51. The van der Waals surface area contributed by atoms with Crippen molar-refractivity contribution < 1.29 is 4.74 Å². The lowest BCUT2D eigenvalue weighted by atomic mass is 9.63. The third-order valence-electron chi connectivity index (χ3n) is 7.72. The third-order valence-corrected chi connectivity index (χ3v) is 9.57. The molecule has 2 aliphatic heterocycles. The van der Waals surface area contributed by atoms with E-state index in [1.165, 1.54) is 53.6 Å². The molecule has 2 aliphatic rings. The second kappa shape index (κ2) is 7.84. The van der Waals surface area contributed by atoms with Crippen molar-refractivity contribution in [2.45, 2.75) is 25.0 Å². The molecule has 0 saturated carbocycles. The minimum Gasteiger partial charge on any atom is -0.457 e. The number of ether oxygens (including phenoxy) is 1. The van der Waals surface area contributed by atoms with E-state index in [9.17, 15) is 0 Å². The minimum atomic E-state index is -0.511. The Bertz CT molecular complexity index is 1790. The van der Waals surface area contributed by atoms with Crippen LogP contribution < -0.4 is 4.74 Å². The lowest BCUT2D eigenvalue weighted by Gasteiger charge is -2.45. The van der Waals surface area contributed by atoms with Crippen LogP contribution in [0.25, 0.3) is 21.5 Å². The first-order valence-corrected chi connectivity index (χ1v) is 13.9. The SMILES string of the molecule is Sc1ccc2c3c(ccc2c1)C1(c2ccccc2Oc2ccccc21)c1ccc2cc(S)ccc2c1S3. The van der Waals surface area contributed by atoms with E-state index in [1.54, 1.807) is 0 Å². The van der Waals surface area contributed by atoms with Crippen molar-refractivity contribution in [1.82, 2.24) is 0 Å². The van der Waals surface area contributed by atoms with Crippen LogP contribution >= 0.6 is 37.0 Å². The second-order valence-corrected chi connectivity index (χ2v) is 11.7. The summed E-state index contributed by atoms with van der Waals surface area (Å²) in [5.41, 5.74) is 4.41. The maximum Gasteiger partial charge on any atom is 0.132 e. The maximum atomic E-state index is 6.51. The summed E-state index contributed by atoms with van der Waals surface area (Å²) in [6.45, 7) is 0. The van der Waals surface area contributed by atoms with E-state index in [1.807, 2.05) is 11.8 Å². The van der Waals surface area contributed by atoms with Gasteiger partial charge in [0, 0.05) is 30.7 Å². The predicted octanol–water partition coefficient (Wildman–Crippen LogP) is 9.52. The van der Waals surface area contributed by atoms with E-state index in [4.69, 9.17) is 4.74 Å². The lowest BCUT2D eigenvalue weighted by Crippen LogP contribution is -2.36. The van der Waals surface area contributed by atoms with Gasteiger partial charge in [0.1, 0.15) is 11.5 Å². The van der Waals surface area contributed by atoms with Gasteiger partial charge in [-0.2, -0.15) is 0 Å². The van der Waals surface area contributed by atoms with Gasteiger partial charge in [0.25, 0.3) is 0 Å². The first kappa shape index (κ1) is 21.7. The average molecular weight is 529 g/mol. The molecule has 0 aromatic heterocycles. The standard InChI is InChI=1S/C33H20OS3/c35-21-11-13-23-19(17-21)9-15-27-31(23)37-32-24-14-12-22(36)18-20(24)10-16-28(32)33(27)25-5-1-3-7-29(25)34-30-8-4-2-6-26(30)33/h1-18,35-36H. The molecule has 0 aliphatic carbocycles. The molecule has 0 radical (unpaired) electrons. The maximum absolute atomic E-state index is 6.51. The van der Waals surface area contributed by atoms with E-state index in [0.717, 1.165) is 21.3 Å². The average Bonchev–Trinajstić information content (AvgIpc) is 2.92. The Balaban J connectivity index is 1.61. The third kappa shape index (κ3) is 2.92. The van der Waals surface area contributed by atoms with Gasteiger partial charge >= 0.3 is 0 Å². The van der Waals surface area contributed by atoms with Gasteiger partial charge in [-0.15, -0.1) is 25.3 Å². The van der Waals surface area contributed by atoms with Crippen LogP contribution in [0.1, 0.15) is 22.3 Å². The quantitative estimate of drug-likeness (QED) is 0.190. The molecule has 0 amide bonds. The molecule has 6 aromatic rings. The van der Waals surface area contributed by atoms with Crippen LogP contribution in [0.2, 0.25) is 0 Å². The molecular formula is C33H20OS3. The fourth-order valence-electron chi connectivity index (χ4n) is 6.21. The Morgan fingerprint density at radius 1 is 0.514 bits per heavy atom. The van der Waals surface area contributed by atoms with E-state index >= 15 is 0 Å². The van der Waals surface area contributed by atoms with Gasteiger partial charge in [0.05, 0.1) is 5.41 Å². The predicted molar refractivity (Wildman–Crippen MR) is 158 cm³/mol. The summed E-state index contributed by atoms with van der Waals surface area (Å²) in [6, 6.07) is 39.1. The zero-order valence-corrected chi connectivity index (χ0v) is 22.2. The molecular weight excluding hydrogens is 509 g/mol. The van der Waals surface area contributed by atoms with Gasteiger partial charge in [-0.25, -0.2) is 0 Å². The first-order chi connectivity index (χ1) is 18.1. The number of rotatable bonds is 0. The summed E-state index contributed by atoms with van der Waals surface area (Å²) in [7, 11) is 0. The van der Waals surface area contributed by atoms with Crippen molar-refractivity contribution in [3.8, 4) is 11.5 Å². The van der Waals surface area contributed by atoms with Gasteiger partial charge in [-0.1, -0.05) is 84.6 Å². The van der Waals surface area contributed by atoms with Crippen LogP contribution in [0.5, 0.6) is 11.5 Å². The number of hydrogen-bond acceptors (Lipinski definition) is 4. The normalized spacial score (nSPS) is 14.5. The highest BCUT2D eigenvalue weighted by Gasteiger charge is 2.50. The molecule has 0 bridgehead atoms. The fourth-order valence-corrected chi connectivity index (χ4v) is 8.10. The molecule has 0 unspecified atom stereocenters. The molecule has 2 heterocycles. The van der Waals surface area contributed by atoms with E-state index in [-0.39, 0.29) is 0 Å². The van der Waals surface area contributed by atoms with E-state index < -0.39 is 5.41 Å². The van der Waals surface area contributed by atoms with Crippen LogP contribution in [0.15, 0.2) is 129 Å². The van der Waals surface area contributed by atoms with Crippen LogP contribution in [-0.4, -0.2) is 0 Å². The zero-order valence-electron chi connectivity index (χ0n) is 19.6. The summed E-state index contributed by atoms with van der Waals surface area (Å²) >= 11 is 11.1. The van der Waals surface area contributed by atoms with Crippen LogP contribution in [0.3, 0.4) is 0 Å². The van der Waals surface area contributed by atoms with Crippen molar-refractivity contribution >= 4 is 58.6 Å². The van der Waals surface area contributed by atoms with Crippen LogP contribution in [0.4, 0.5) is 0 Å². The summed E-state index contributed by atoms with van der Waals surface area (Å²) in [5.74, 6) is 1.81. The lowest BCUT2D eigenvalue weighted by molar-refractivity contribution is 0.431. The second-order valence-electron chi connectivity index (χ2n) is 9.64. The molecule has 0 N–H and O–H groups in total. The van der Waals surface area contributed by atoms with Crippen LogP contribution in [0, 0.1) is 0 Å². The molecule has 0 atom stereocenters. The summed E-state index contributed by atoms with van der Waals surface area (Å²) in [4.78, 5) is 4.51. The fraction of sp³-hybridized carbons (Fsp3) is 0.0303. The first-order valence-electron chi connectivity index (χ1n) is 12.2. The summed E-state index contributed by atoms with van der Waals surface area (Å²) in [5, 5.41) is 4.89. The molecule has 1 nitrogen and oxygen atoms in total. The molecule has 6 aromatic carbocycles. The smallest absolute Gasteiger partial charge is 0.132 e. The number of benzene rings is 6. The van der Waals surface area contributed by atoms with Crippen molar-refractivity contribution in [3.63, 3.8) is 0 Å². The Morgan fingerprint density at radius 3 is 1.51 bits per heavy atom. The minimum absolute atomic E-state index is 0.511. The Labute approximate surface area is 230 Å². The van der Waals surface area contributed by atoms with Crippen molar-refractivity contribution in [3.05, 3.63) is 131 Å². The van der Waals surface area contributed by atoms with Crippen molar-refractivity contribution in [2.24, 2.45) is 0 Å². The largest absolute Gasteiger partial charge is 0.457 e. The number of hydrogen-bond donors (Lipinski definition) is 2. The summed E-state index contributed by atoms with van der Waals surface area (Å²) in [6.07, 6.45) is 0. The van der Waals surface area contributed by atoms with Gasteiger partial charge in [-0.05, 0) is 69.1 Å². The molecule has 176 valence electrons. The van der Waals surface area contributed by atoms with Crippen molar-refractivity contribution in [2.75, 3.05) is 0 Å². The molecule has 0 fully saturated rings. The van der Waals surface area contributed by atoms with Gasteiger partial charge < -0.3 is 4.74 Å². The Kier molecular flexibility index (Phi) is 4.61. The topological polar surface area (TPSA) is 9.23 Å². The van der Waals surface area contributed by atoms with Gasteiger partial charge in [0.2, 0.25) is 0 Å². The Hall–Kier alpha value is -3.31. The Morgan fingerprint density at radius 2 is 1.00 bits per heavy atom. The molecule has 0 saturated heterocycles. The highest BCUT2D eigenvalue weighted by Crippen LogP contribution is 2.63. The number of thiol groups is 2. The molecule has 37 heavy (non-hydrogen) atoms. The zero-order chi connectivity index (χ0) is 24.7.